The minimum atomic E-state index is -3.73. The SMILES string of the molecule is C[C@@H]1Cc2ccccc2N1C(=O)c1ccc(Cl)c(S(=O)(=O)NC2CC2)c1. The predicted octanol–water partition coefficient (Wildman–Crippen LogP) is 3.37. The molecule has 1 fully saturated rings. The molecule has 5 nitrogen and oxygen atoms in total. The molecule has 2 aromatic carbocycles. The lowest BCUT2D eigenvalue weighted by Crippen LogP contribution is -2.36. The summed E-state index contributed by atoms with van der Waals surface area (Å²) in [6, 6.07) is 12.2. The Morgan fingerprint density at radius 3 is 2.65 bits per heavy atom. The summed E-state index contributed by atoms with van der Waals surface area (Å²) in [5.41, 5.74) is 2.31. The summed E-state index contributed by atoms with van der Waals surface area (Å²) in [4.78, 5) is 14.8. The first kappa shape index (κ1) is 17.5. The fourth-order valence-electron chi connectivity index (χ4n) is 3.34. The van der Waals surface area contributed by atoms with E-state index in [4.69, 9.17) is 11.6 Å². The second-order valence-electron chi connectivity index (χ2n) is 6.90. The zero-order valence-electron chi connectivity index (χ0n) is 14.3. The second-order valence-corrected chi connectivity index (χ2v) is 8.99. The Balaban J connectivity index is 1.70. The number of amides is 1. The van der Waals surface area contributed by atoms with Gasteiger partial charge >= 0.3 is 0 Å². The van der Waals surface area contributed by atoms with Crippen molar-refractivity contribution in [1.82, 2.24) is 4.72 Å². The van der Waals surface area contributed by atoms with Gasteiger partial charge in [-0.2, -0.15) is 0 Å². The van der Waals surface area contributed by atoms with Crippen LogP contribution >= 0.6 is 11.6 Å². The normalized spacial score (nSPS) is 19.5. The van der Waals surface area contributed by atoms with Gasteiger partial charge in [0.25, 0.3) is 5.91 Å². The number of rotatable bonds is 4. The van der Waals surface area contributed by atoms with Crippen molar-refractivity contribution in [2.75, 3.05) is 4.90 Å². The van der Waals surface area contributed by atoms with Gasteiger partial charge in [0.1, 0.15) is 4.90 Å². The van der Waals surface area contributed by atoms with Crippen LogP contribution in [0.25, 0.3) is 0 Å². The molecule has 0 bridgehead atoms. The van der Waals surface area contributed by atoms with Crippen molar-refractivity contribution >= 4 is 33.2 Å². The van der Waals surface area contributed by atoms with Crippen LogP contribution in [0.5, 0.6) is 0 Å². The summed E-state index contributed by atoms with van der Waals surface area (Å²) < 4.78 is 27.7. The average Bonchev–Trinajstić information content (AvgIpc) is 3.33. The predicted molar refractivity (Wildman–Crippen MR) is 101 cm³/mol. The van der Waals surface area contributed by atoms with Crippen LogP contribution in [0.3, 0.4) is 0 Å². The highest BCUT2D eigenvalue weighted by atomic mass is 35.5. The van der Waals surface area contributed by atoms with E-state index in [1.165, 1.54) is 12.1 Å². The van der Waals surface area contributed by atoms with Crippen molar-refractivity contribution in [3.8, 4) is 0 Å². The van der Waals surface area contributed by atoms with Gasteiger partial charge in [0.05, 0.1) is 5.02 Å². The molecule has 7 heteroatoms. The molecule has 1 aliphatic carbocycles. The number of anilines is 1. The molecule has 0 aromatic heterocycles. The molecule has 136 valence electrons. The summed E-state index contributed by atoms with van der Waals surface area (Å²) in [6.07, 6.45) is 2.44. The van der Waals surface area contributed by atoms with Crippen LogP contribution in [0, 0.1) is 0 Å². The second kappa shape index (κ2) is 6.37. The number of halogens is 1. The van der Waals surface area contributed by atoms with Gasteiger partial charge in [0, 0.05) is 23.3 Å². The number of benzene rings is 2. The highest BCUT2D eigenvalue weighted by Crippen LogP contribution is 2.34. The lowest BCUT2D eigenvalue weighted by molar-refractivity contribution is 0.0981. The number of nitrogens with one attached hydrogen (secondary N) is 1. The number of fused-ring (bicyclic) bond motifs is 1. The van der Waals surface area contributed by atoms with E-state index < -0.39 is 10.0 Å². The van der Waals surface area contributed by atoms with Crippen molar-refractivity contribution in [3.05, 3.63) is 58.6 Å². The average molecular weight is 391 g/mol. The summed E-state index contributed by atoms with van der Waals surface area (Å²) in [5.74, 6) is -0.220. The molecule has 2 aliphatic rings. The molecule has 1 N–H and O–H groups in total. The maximum atomic E-state index is 13.1. The minimum absolute atomic E-state index is 0.0141. The molecule has 0 spiro atoms. The lowest BCUT2D eigenvalue weighted by atomic mass is 10.1. The monoisotopic (exact) mass is 390 g/mol. The minimum Gasteiger partial charge on any atom is -0.305 e. The first-order valence-corrected chi connectivity index (χ1v) is 10.5. The van der Waals surface area contributed by atoms with Gasteiger partial charge in [0.2, 0.25) is 10.0 Å². The lowest BCUT2D eigenvalue weighted by Gasteiger charge is -2.23. The first-order chi connectivity index (χ1) is 12.4. The Labute approximate surface area is 158 Å². The van der Waals surface area contributed by atoms with Crippen LogP contribution in [0.2, 0.25) is 5.02 Å². The Morgan fingerprint density at radius 1 is 1.19 bits per heavy atom. The van der Waals surface area contributed by atoms with E-state index in [9.17, 15) is 13.2 Å². The topological polar surface area (TPSA) is 66.5 Å². The van der Waals surface area contributed by atoms with Crippen molar-refractivity contribution in [2.24, 2.45) is 0 Å². The first-order valence-electron chi connectivity index (χ1n) is 8.60. The van der Waals surface area contributed by atoms with Gasteiger partial charge in [-0.3, -0.25) is 4.79 Å². The van der Waals surface area contributed by atoms with E-state index in [1.807, 2.05) is 31.2 Å². The standard InChI is InChI=1S/C19H19ClN2O3S/c1-12-10-13-4-2-3-5-17(13)22(12)19(23)14-6-9-16(20)18(11-14)26(24,25)21-15-7-8-15/h2-6,9,11-12,15,21H,7-8,10H2,1H3/t12-/m1/s1. The van der Waals surface area contributed by atoms with E-state index in [-0.39, 0.29) is 27.9 Å². The number of sulfonamides is 1. The molecule has 1 aliphatic heterocycles. The van der Waals surface area contributed by atoms with Gasteiger partial charge in [-0.1, -0.05) is 29.8 Å². The molecule has 26 heavy (non-hydrogen) atoms. The maximum absolute atomic E-state index is 13.1. The van der Waals surface area contributed by atoms with E-state index in [2.05, 4.69) is 4.72 Å². The molecule has 1 saturated carbocycles. The van der Waals surface area contributed by atoms with Crippen LogP contribution in [-0.2, 0) is 16.4 Å². The molecule has 0 saturated heterocycles. The Hall–Kier alpha value is -1.89. The van der Waals surface area contributed by atoms with E-state index >= 15 is 0 Å². The van der Waals surface area contributed by atoms with Gasteiger partial charge in [0.15, 0.2) is 0 Å². The van der Waals surface area contributed by atoms with Crippen molar-refractivity contribution in [3.63, 3.8) is 0 Å². The number of para-hydroxylation sites is 1. The highest BCUT2D eigenvalue weighted by molar-refractivity contribution is 7.89. The summed E-state index contributed by atoms with van der Waals surface area (Å²) in [7, 11) is -3.73. The number of carbonyl (C=O) groups is 1. The van der Waals surface area contributed by atoms with Crippen molar-refractivity contribution in [1.29, 1.82) is 0 Å². The molecule has 2 aromatic rings. The molecule has 0 radical (unpaired) electrons. The smallest absolute Gasteiger partial charge is 0.258 e. The zero-order chi connectivity index (χ0) is 18.5. The van der Waals surface area contributed by atoms with Gasteiger partial charge in [-0.15, -0.1) is 0 Å². The Kier molecular flexibility index (Phi) is 4.29. The van der Waals surface area contributed by atoms with Gasteiger partial charge in [-0.25, -0.2) is 13.1 Å². The van der Waals surface area contributed by atoms with Crippen LogP contribution in [0.15, 0.2) is 47.4 Å². The number of nitrogens with zero attached hydrogens (tertiary/aromatic N) is 1. The fourth-order valence-corrected chi connectivity index (χ4v) is 5.17. The molecule has 1 atom stereocenters. The molecule has 0 unspecified atom stereocenters. The Morgan fingerprint density at radius 2 is 1.92 bits per heavy atom. The van der Waals surface area contributed by atoms with E-state index in [0.717, 1.165) is 30.5 Å². The third kappa shape index (κ3) is 3.13. The molecular weight excluding hydrogens is 372 g/mol. The maximum Gasteiger partial charge on any atom is 0.258 e. The van der Waals surface area contributed by atoms with Gasteiger partial charge in [-0.05, 0) is 56.0 Å². The molecule has 1 amide bonds. The van der Waals surface area contributed by atoms with Crippen LogP contribution < -0.4 is 9.62 Å². The largest absolute Gasteiger partial charge is 0.305 e. The third-order valence-electron chi connectivity index (χ3n) is 4.79. The highest BCUT2D eigenvalue weighted by Gasteiger charge is 2.33. The molecule has 1 heterocycles. The summed E-state index contributed by atoms with van der Waals surface area (Å²) in [5, 5.41) is 0.115. The molecular formula is C19H19ClN2O3S. The van der Waals surface area contributed by atoms with Crippen LogP contribution in [-0.4, -0.2) is 26.4 Å². The van der Waals surface area contributed by atoms with Crippen LogP contribution in [0.1, 0.15) is 35.7 Å². The zero-order valence-corrected chi connectivity index (χ0v) is 15.8. The Bertz CT molecular complexity index is 986. The number of hydrogen-bond acceptors (Lipinski definition) is 3. The third-order valence-corrected chi connectivity index (χ3v) is 6.79. The summed E-state index contributed by atoms with van der Waals surface area (Å²) in [6.45, 7) is 1.99. The number of hydrogen-bond donors (Lipinski definition) is 1. The van der Waals surface area contributed by atoms with Crippen molar-refractivity contribution in [2.45, 2.75) is 43.2 Å². The van der Waals surface area contributed by atoms with E-state index in [1.54, 1.807) is 11.0 Å². The quantitative estimate of drug-likeness (QED) is 0.870. The van der Waals surface area contributed by atoms with Crippen molar-refractivity contribution < 1.29 is 13.2 Å². The molecule has 4 rings (SSSR count). The van der Waals surface area contributed by atoms with Crippen LogP contribution in [0.4, 0.5) is 5.69 Å². The van der Waals surface area contributed by atoms with Gasteiger partial charge < -0.3 is 4.90 Å². The summed E-state index contributed by atoms with van der Waals surface area (Å²) >= 11 is 6.11. The number of carbonyl (C=O) groups excluding carboxylic acids is 1. The van der Waals surface area contributed by atoms with E-state index in [0.29, 0.717) is 5.56 Å². The fraction of sp³-hybridized carbons (Fsp3) is 0.316.